The van der Waals surface area contributed by atoms with Crippen molar-refractivity contribution in [1.82, 2.24) is 0 Å². The van der Waals surface area contributed by atoms with Gasteiger partial charge < -0.3 is 9.47 Å². The number of benzene rings is 3. The van der Waals surface area contributed by atoms with E-state index in [4.69, 9.17) is 9.47 Å². The lowest BCUT2D eigenvalue weighted by atomic mass is 9.66. The Bertz CT molecular complexity index is 1180. The van der Waals surface area contributed by atoms with Crippen molar-refractivity contribution in [1.29, 1.82) is 0 Å². The lowest BCUT2D eigenvalue weighted by molar-refractivity contribution is -0.175. The van der Waals surface area contributed by atoms with E-state index in [0.29, 0.717) is 18.1 Å². The third-order valence-corrected chi connectivity index (χ3v) is 10.0. The quantitative estimate of drug-likeness (QED) is 0.363. The van der Waals surface area contributed by atoms with Crippen LogP contribution < -0.4 is 4.74 Å². The lowest BCUT2D eigenvalue weighted by Gasteiger charge is -2.44. The van der Waals surface area contributed by atoms with E-state index < -0.39 is 6.10 Å². The summed E-state index contributed by atoms with van der Waals surface area (Å²) in [7, 11) is 0. The molecular formula is C33H36O3. The predicted molar refractivity (Wildman–Crippen MR) is 142 cm³/mol. The number of hydrogen-bond donors (Lipinski definition) is 0. The molecule has 2 bridgehead atoms. The monoisotopic (exact) mass is 480 g/mol. The van der Waals surface area contributed by atoms with Crippen LogP contribution in [0.25, 0.3) is 0 Å². The zero-order valence-electron chi connectivity index (χ0n) is 21.6. The van der Waals surface area contributed by atoms with Gasteiger partial charge in [0.1, 0.15) is 11.9 Å². The van der Waals surface area contributed by atoms with Crippen LogP contribution in [0.15, 0.2) is 84.9 Å². The van der Waals surface area contributed by atoms with Crippen LogP contribution >= 0.6 is 0 Å². The van der Waals surface area contributed by atoms with Crippen molar-refractivity contribution in [2.45, 2.75) is 65.1 Å². The van der Waals surface area contributed by atoms with E-state index in [1.165, 1.54) is 17.5 Å². The van der Waals surface area contributed by atoms with E-state index in [-0.39, 0.29) is 28.3 Å². The number of carbonyl (C=O) groups is 1. The van der Waals surface area contributed by atoms with Gasteiger partial charge in [0.05, 0.1) is 0 Å². The Kier molecular flexibility index (Phi) is 5.51. The second-order valence-electron chi connectivity index (χ2n) is 12.0. The number of carbonyl (C=O) groups excluding carboxylic acids is 1. The Morgan fingerprint density at radius 1 is 0.861 bits per heavy atom. The van der Waals surface area contributed by atoms with Crippen molar-refractivity contribution in [3.8, 4) is 5.75 Å². The molecule has 0 radical (unpaired) electrons. The highest BCUT2D eigenvalue weighted by Crippen LogP contribution is 2.75. The van der Waals surface area contributed by atoms with Gasteiger partial charge in [0, 0.05) is 17.3 Å². The van der Waals surface area contributed by atoms with Gasteiger partial charge in [-0.15, -0.1) is 0 Å². The van der Waals surface area contributed by atoms with Gasteiger partial charge in [0.2, 0.25) is 0 Å². The highest BCUT2D eigenvalue weighted by Gasteiger charge is 2.74. The smallest absolute Gasteiger partial charge is 0.347 e. The standard InChI is InChI=1S/C33H36O3/c1-31(2)28-18-19-32(31,3)30(33(28)21-24-14-10-11-15-25(24)22-33)36-29(34)27(20-23-12-6-4-7-13-23)35-26-16-8-5-9-17-26/h4-17,27-28,30H,18-22H2,1-3H3/t27?,28-,30-,32-/m0/s1. The van der Waals surface area contributed by atoms with Crippen molar-refractivity contribution in [3.63, 3.8) is 0 Å². The van der Waals surface area contributed by atoms with Gasteiger partial charge in [-0.2, -0.15) is 0 Å². The summed E-state index contributed by atoms with van der Waals surface area (Å²) >= 11 is 0. The van der Waals surface area contributed by atoms with Crippen LogP contribution in [-0.2, 0) is 28.8 Å². The van der Waals surface area contributed by atoms with Crippen LogP contribution in [0.3, 0.4) is 0 Å². The highest BCUT2D eigenvalue weighted by molar-refractivity contribution is 5.76. The summed E-state index contributed by atoms with van der Waals surface area (Å²) < 4.78 is 13.0. The Labute approximate surface area is 214 Å². The maximum atomic E-state index is 14.0. The minimum Gasteiger partial charge on any atom is -0.478 e. The summed E-state index contributed by atoms with van der Waals surface area (Å²) in [6.07, 6.45) is 3.96. The average molecular weight is 481 g/mol. The predicted octanol–water partition coefficient (Wildman–Crippen LogP) is 6.83. The van der Waals surface area contributed by atoms with Crippen molar-refractivity contribution in [3.05, 3.63) is 102 Å². The van der Waals surface area contributed by atoms with Gasteiger partial charge in [-0.05, 0) is 65.8 Å². The second kappa shape index (κ2) is 8.50. The molecular weight excluding hydrogens is 444 g/mol. The summed E-state index contributed by atoms with van der Waals surface area (Å²) in [5, 5.41) is 0. The number of fused-ring (bicyclic) bond motifs is 4. The molecule has 3 aromatic carbocycles. The molecule has 3 heteroatoms. The zero-order valence-corrected chi connectivity index (χ0v) is 21.6. The van der Waals surface area contributed by atoms with Gasteiger partial charge in [-0.3, -0.25) is 0 Å². The molecule has 3 aliphatic carbocycles. The molecule has 3 aliphatic rings. The number of hydrogen-bond acceptors (Lipinski definition) is 3. The number of rotatable bonds is 6. The summed E-state index contributed by atoms with van der Waals surface area (Å²) in [6.45, 7) is 7.18. The molecule has 1 unspecified atom stereocenters. The molecule has 0 saturated heterocycles. The molecule has 3 nitrogen and oxygen atoms in total. The first-order valence-electron chi connectivity index (χ1n) is 13.4. The molecule has 3 aromatic rings. The molecule has 0 heterocycles. The van der Waals surface area contributed by atoms with Gasteiger partial charge >= 0.3 is 5.97 Å². The van der Waals surface area contributed by atoms with E-state index in [1.807, 2.05) is 60.7 Å². The maximum Gasteiger partial charge on any atom is 0.347 e. The Morgan fingerprint density at radius 2 is 1.44 bits per heavy atom. The number of para-hydroxylation sites is 1. The van der Waals surface area contributed by atoms with Gasteiger partial charge in [0.25, 0.3) is 0 Å². The largest absolute Gasteiger partial charge is 0.478 e. The first-order valence-corrected chi connectivity index (χ1v) is 13.4. The normalized spacial score (nSPS) is 27.5. The van der Waals surface area contributed by atoms with Crippen molar-refractivity contribution < 1.29 is 14.3 Å². The molecule has 2 fully saturated rings. The van der Waals surface area contributed by atoms with Crippen LogP contribution in [0.5, 0.6) is 5.75 Å². The Balaban J connectivity index is 1.33. The van der Waals surface area contributed by atoms with Gasteiger partial charge in [-0.1, -0.05) is 93.6 Å². The van der Waals surface area contributed by atoms with Crippen LogP contribution in [0.2, 0.25) is 0 Å². The average Bonchev–Trinajstić information content (AvgIpc) is 3.41. The minimum absolute atomic E-state index is 0.0418. The van der Waals surface area contributed by atoms with E-state index in [1.54, 1.807) is 0 Å². The van der Waals surface area contributed by atoms with E-state index >= 15 is 0 Å². The third kappa shape index (κ3) is 3.50. The van der Waals surface area contributed by atoms with Gasteiger partial charge in [0.15, 0.2) is 6.10 Å². The number of ether oxygens (including phenoxy) is 2. The summed E-state index contributed by atoms with van der Waals surface area (Å²) in [5.74, 6) is 0.980. The van der Waals surface area contributed by atoms with E-state index in [2.05, 4.69) is 45.0 Å². The van der Waals surface area contributed by atoms with Crippen LogP contribution in [0, 0.1) is 22.2 Å². The van der Waals surface area contributed by atoms with Gasteiger partial charge in [-0.25, -0.2) is 4.79 Å². The minimum atomic E-state index is -0.693. The second-order valence-corrected chi connectivity index (χ2v) is 12.0. The Hall–Kier alpha value is -3.07. The molecule has 1 spiro atoms. The first kappa shape index (κ1) is 23.3. The first-order chi connectivity index (χ1) is 17.3. The fourth-order valence-electron chi connectivity index (χ4n) is 8.03. The van der Waals surface area contributed by atoms with E-state index in [0.717, 1.165) is 24.8 Å². The summed E-state index contributed by atoms with van der Waals surface area (Å²) in [6, 6.07) is 28.5. The molecule has 0 amide bonds. The molecule has 0 aliphatic heterocycles. The number of esters is 1. The van der Waals surface area contributed by atoms with E-state index in [9.17, 15) is 4.79 Å². The molecule has 0 aromatic heterocycles. The van der Waals surface area contributed by atoms with Crippen LogP contribution in [-0.4, -0.2) is 18.2 Å². The summed E-state index contributed by atoms with van der Waals surface area (Å²) in [4.78, 5) is 14.0. The molecule has 0 N–H and O–H groups in total. The van der Waals surface area contributed by atoms with Crippen LogP contribution in [0.1, 0.15) is 50.3 Å². The van der Waals surface area contributed by atoms with Crippen molar-refractivity contribution >= 4 is 5.97 Å². The fourth-order valence-corrected chi connectivity index (χ4v) is 8.03. The topological polar surface area (TPSA) is 35.5 Å². The molecule has 36 heavy (non-hydrogen) atoms. The maximum absolute atomic E-state index is 14.0. The highest BCUT2D eigenvalue weighted by atomic mass is 16.6. The molecule has 2 saturated carbocycles. The SMILES string of the molecule is CC1(C)[C@@H]2CC[C@@]1(C)[C@H](OC(=O)C(Cc1ccccc1)Oc1ccccc1)C21Cc2ccccc2C1. The lowest BCUT2D eigenvalue weighted by Crippen LogP contribution is -2.50. The van der Waals surface area contributed by atoms with Crippen LogP contribution in [0.4, 0.5) is 0 Å². The Morgan fingerprint density at radius 3 is 2.08 bits per heavy atom. The molecule has 4 atom stereocenters. The molecule has 186 valence electrons. The fraction of sp³-hybridized carbons (Fsp3) is 0.424. The summed E-state index contributed by atoms with van der Waals surface area (Å²) in [5.41, 5.74) is 3.92. The third-order valence-electron chi connectivity index (χ3n) is 10.0. The van der Waals surface area contributed by atoms with Crippen molar-refractivity contribution in [2.75, 3.05) is 0 Å². The van der Waals surface area contributed by atoms with Crippen molar-refractivity contribution in [2.24, 2.45) is 22.2 Å². The molecule has 6 rings (SSSR count). The zero-order chi connectivity index (χ0) is 25.0.